The summed E-state index contributed by atoms with van der Waals surface area (Å²) in [6.07, 6.45) is -4.80. The maximum Gasteiger partial charge on any atom is 0.422 e. The van der Waals surface area contributed by atoms with Crippen molar-refractivity contribution in [3.63, 3.8) is 0 Å². The maximum atomic E-state index is 12.3. The average Bonchev–Trinajstić information content (AvgIpc) is 2.52. The Bertz CT molecular complexity index is 627. The topological polar surface area (TPSA) is 100.0 Å². The second-order valence-electron chi connectivity index (χ2n) is 5.39. The Morgan fingerprint density at radius 1 is 1.29 bits per heavy atom. The first-order chi connectivity index (χ1) is 11.1. The van der Waals surface area contributed by atoms with E-state index in [1.165, 1.54) is 23.1 Å². The van der Waals surface area contributed by atoms with Gasteiger partial charge in [-0.1, -0.05) is 6.07 Å². The highest BCUT2D eigenvalue weighted by molar-refractivity contribution is 5.92. The number of amides is 1. The smallest absolute Gasteiger partial charge is 0.422 e. The summed E-state index contributed by atoms with van der Waals surface area (Å²) >= 11 is 0. The Hall–Kier alpha value is -2.36. The van der Waals surface area contributed by atoms with Crippen LogP contribution >= 0.6 is 0 Å². The van der Waals surface area contributed by atoms with Crippen LogP contribution in [0.5, 0.6) is 5.88 Å². The Labute approximate surface area is 134 Å². The number of aliphatic carboxylic acids is 1. The monoisotopic (exact) mass is 348 g/mol. The maximum absolute atomic E-state index is 12.3. The van der Waals surface area contributed by atoms with E-state index in [1.807, 2.05) is 0 Å². The van der Waals surface area contributed by atoms with Gasteiger partial charge in [-0.3, -0.25) is 4.79 Å². The number of halogens is 3. The fourth-order valence-electron chi connectivity index (χ4n) is 2.23. The van der Waals surface area contributed by atoms with Gasteiger partial charge in [0.05, 0.1) is 0 Å². The number of pyridine rings is 1. The van der Waals surface area contributed by atoms with Crippen molar-refractivity contribution in [2.24, 2.45) is 0 Å². The molecule has 0 atom stereocenters. The van der Waals surface area contributed by atoms with Crippen LogP contribution in [0.25, 0.3) is 0 Å². The molecule has 2 rings (SSSR count). The largest absolute Gasteiger partial charge is 0.479 e. The van der Waals surface area contributed by atoms with E-state index in [4.69, 9.17) is 5.11 Å². The van der Waals surface area contributed by atoms with Crippen molar-refractivity contribution in [3.8, 4) is 5.88 Å². The highest BCUT2D eigenvalue weighted by atomic mass is 19.4. The van der Waals surface area contributed by atoms with Crippen molar-refractivity contribution in [3.05, 3.63) is 23.9 Å². The molecule has 2 heterocycles. The fraction of sp³-hybridized carbons (Fsp3) is 0.500. The minimum absolute atomic E-state index is 0.00303. The molecule has 1 aromatic heterocycles. The molecule has 0 saturated carbocycles. The van der Waals surface area contributed by atoms with Crippen molar-refractivity contribution in [1.29, 1.82) is 0 Å². The summed E-state index contributed by atoms with van der Waals surface area (Å²) in [5.41, 5.74) is -1.99. The van der Waals surface area contributed by atoms with Crippen LogP contribution in [0.15, 0.2) is 18.2 Å². The van der Waals surface area contributed by atoms with Gasteiger partial charge in [0.15, 0.2) is 12.2 Å². The van der Waals surface area contributed by atoms with E-state index in [9.17, 15) is 27.9 Å². The number of hydrogen-bond donors (Lipinski definition) is 2. The fourth-order valence-corrected chi connectivity index (χ4v) is 2.23. The minimum atomic E-state index is -4.52. The molecule has 0 unspecified atom stereocenters. The number of carbonyl (C=O) groups is 2. The van der Waals surface area contributed by atoms with Crippen LogP contribution < -0.4 is 4.74 Å². The number of carboxylic acid groups (broad SMARTS) is 1. The summed E-state index contributed by atoms with van der Waals surface area (Å²) in [7, 11) is 0. The first-order valence-electron chi connectivity index (χ1n) is 7.02. The molecule has 1 aliphatic rings. The van der Waals surface area contributed by atoms with Crippen LogP contribution in [0.3, 0.4) is 0 Å². The molecule has 0 bridgehead atoms. The lowest BCUT2D eigenvalue weighted by Crippen LogP contribution is -2.50. The molecular formula is C14H15F3N2O5. The number of aromatic nitrogens is 1. The van der Waals surface area contributed by atoms with E-state index < -0.39 is 30.3 Å². The predicted molar refractivity (Wildman–Crippen MR) is 73.5 cm³/mol. The number of nitrogens with zero attached hydrogens (tertiary/aromatic N) is 2. The number of carboxylic acids is 1. The van der Waals surface area contributed by atoms with Crippen LogP contribution in [0, 0.1) is 0 Å². The van der Waals surface area contributed by atoms with E-state index >= 15 is 0 Å². The number of piperidine rings is 1. The van der Waals surface area contributed by atoms with Gasteiger partial charge < -0.3 is 19.8 Å². The lowest BCUT2D eigenvalue weighted by atomic mass is 9.91. The van der Waals surface area contributed by atoms with E-state index in [2.05, 4.69) is 9.72 Å². The van der Waals surface area contributed by atoms with Crippen LogP contribution in [0.4, 0.5) is 13.2 Å². The Kier molecular flexibility index (Phi) is 4.97. The second-order valence-corrected chi connectivity index (χ2v) is 5.39. The molecule has 1 aromatic rings. The molecule has 1 amide bonds. The summed E-state index contributed by atoms with van der Waals surface area (Å²) < 4.78 is 40.9. The first kappa shape index (κ1) is 18.0. The second kappa shape index (κ2) is 6.63. The van der Waals surface area contributed by atoms with Crippen molar-refractivity contribution in [1.82, 2.24) is 9.88 Å². The van der Waals surface area contributed by atoms with Gasteiger partial charge in [0.2, 0.25) is 5.88 Å². The van der Waals surface area contributed by atoms with Gasteiger partial charge in [-0.2, -0.15) is 13.2 Å². The third-order valence-electron chi connectivity index (χ3n) is 3.60. The molecule has 132 valence electrons. The molecule has 10 heteroatoms. The molecule has 7 nitrogen and oxygen atoms in total. The molecule has 1 saturated heterocycles. The van der Waals surface area contributed by atoms with E-state index in [0.717, 1.165) is 0 Å². The van der Waals surface area contributed by atoms with Gasteiger partial charge in [-0.05, 0) is 6.07 Å². The SMILES string of the molecule is O=C(c1cccc(OCC(F)(F)F)n1)N1CCC(O)(C(=O)O)CC1. The minimum Gasteiger partial charge on any atom is -0.479 e. The summed E-state index contributed by atoms with van der Waals surface area (Å²) in [5.74, 6) is -2.26. The summed E-state index contributed by atoms with van der Waals surface area (Å²) in [6, 6.07) is 3.85. The molecule has 0 spiro atoms. The average molecular weight is 348 g/mol. The summed E-state index contributed by atoms with van der Waals surface area (Å²) in [4.78, 5) is 28.3. The quantitative estimate of drug-likeness (QED) is 0.844. The predicted octanol–water partition coefficient (Wildman–Crippen LogP) is 1.07. The van der Waals surface area contributed by atoms with Gasteiger partial charge in [0.25, 0.3) is 5.91 Å². The molecule has 0 aliphatic carbocycles. The van der Waals surface area contributed by atoms with Crippen LogP contribution in [0.2, 0.25) is 0 Å². The van der Waals surface area contributed by atoms with Crippen molar-refractivity contribution in [2.45, 2.75) is 24.6 Å². The lowest BCUT2D eigenvalue weighted by Gasteiger charge is -2.35. The standard InChI is InChI=1S/C14H15F3N2O5/c15-14(16,17)8-24-10-3-1-2-9(18-10)11(20)19-6-4-13(23,5-7-19)12(21)22/h1-3,23H,4-8H2,(H,21,22). The number of ether oxygens (including phenoxy) is 1. The van der Waals surface area contributed by atoms with E-state index in [-0.39, 0.29) is 37.5 Å². The van der Waals surface area contributed by atoms with Gasteiger partial charge in [0, 0.05) is 32.0 Å². The molecule has 1 fully saturated rings. The zero-order valence-corrected chi connectivity index (χ0v) is 12.4. The van der Waals surface area contributed by atoms with Gasteiger partial charge >= 0.3 is 12.1 Å². The molecular weight excluding hydrogens is 333 g/mol. The molecule has 2 N–H and O–H groups in total. The summed E-state index contributed by atoms with van der Waals surface area (Å²) in [5, 5.41) is 18.8. The number of aliphatic hydroxyl groups is 1. The van der Waals surface area contributed by atoms with Crippen LogP contribution in [-0.2, 0) is 4.79 Å². The number of carbonyl (C=O) groups excluding carboxylic acids is 1. The molecule has 1 aliphatic heterocycles. The summed E-state index contributed by atoms with van der Waals surface area (Å²) in [6.45, 7) is -1.53. The van der Waals surface area contributed by atoms with Gasteiger partial charge in [-0.25, -0.2) is 9.78 Å². The van der Waals surface area contributed by atoms with Crippen molar-refractivity contribution in [2.75, 3.05) is 19.7 Å². The normalized spacial score (nSPS) is 17.4. The first-order valence-corrected chi connectivity index (χ1v) is 7.02. The Morgan fingerprint density at radius 2 is 1.92 bits per heavy atom. The zero-order chi connectivity index (χ0) is 18.0. The van der Waals surface area contributed by atoms with Crippen LogP contribution in [0.1, 0.15) is 23.3 Å². The van der Waals surface area contributed by atoms with Gasteiger partial charge in [0.1, 0.15) is 5.69 Å². The Morgan fingerprint density at radius 3 is 2.46 bits per heavy atom. The molecule has 0 aromatic carbocycles. The molecule has 0 radical (unpaired) electrons. The number of alkyl halides is 3. The van der Waals surface area contributed by atoms with E-state index in [0.29, 0.717) is 0 Å². The highest BCUT2D eigenvalue weighted by Crippen LogP contribution is 2.24. The Balaban J connectivity index is 2.02. The van der Waals surface area contributed by atoms with E-state index in [1.54, 1.807) is 0 Å². The molecule has 24 heavy (non-hydrogen) atoms. The number of rotatable bonds is 4. The van der Waals surface area contributed by atoms with Crippen LogP contribution in [-0.4, -0.2) is 63.4 Å². The highest BCUT2D eigenvalue weighted by Gasteiger charge is 2.40. The lowest BCUT2D eigenvalue weighted by molar-refractivity contribution is -0.162. The zero-order valence-electron chi connectivity index (χ0n) is 12.4. The van der Waals surface area contributed by atoms with Gasteiger partial charge in [-0.15, -0.1) is 0 Å². The number of hydrogen-bond acceptors (Lipinski definition) is 5. The van der Waals surface area contributed by atoms with Crippen molar-refractivity contribution >= 4 is 11.9 Å². The van der Waals surface area contributed by atoms with Crippen molar-refractivity contribution < 1.29 is 37.7 Å². The third-order valence-corrected chi connectivity index (χ3v) is 3.60. The number of likely N-dealkylation sites (tertiary alicyclic amines) is 1. The third kappa shape index (κ3) is 4.34.